The summed E-state index contributed by atoms with van der Waals surface area (Å²) in [5, 5.41) is 1.14. The molecule has 3 heteroatoms. The van der Waals surface area contributed by atoms with Crippen LogP contribution in [0.1, 0.15) is 33.1 Å². The number of halogens is 1. The Morgan fingerprint density at radius 2 is 1.79 bits per heavy atom. The van der Waals surface area contributed by atoms with Crippen LogP contribution < -0.4 is 0 Å². The third-order valence-corrected chi connectivity index (χ3v) is 3.16. The number of hydrogen-bond donors (Lipinski definition) is 0. The van der Waals surface area contributed by atoms with Gasteiger partial charge in [0.25, 0.3) is 0 Å². The summed E-state index contributed by atoms with van der Waals surface area (Å²) in [6.07, 6.45) is 4.79. The van der Waals surface area contributed by atoms with Crippen molar-refractivity contribution in [3.63, 3.8) is 0 Å². The highest BCUT2D eigenvalue weighted by atomic mass is 79.9. The van der Waals surface area contributed by atoms with Gasteiger partial charge in [0.2, 0.25) is 0 Å². The van der Waals surface area contributed by atoms with Crippen molar-refractivity contribution in [2.24, 2.45) is 0 Å². The lowest BCUT2D eigenvalue weighted by Crippen LogP contribution is -2.45. The molecule has 2 nitrogen and oxygen atoms in total. The number of ether oxygens (including phenoxy) is 1. The Morgan fingerprint density at radius 3 is 2.36 bits per heavy atom. The molecule has 0 aromatic carbocycles. The second-order valence-electron chi connectivity index (χ2n) is 4.27. The molecule has 2 atom stereocenters. The highest BCUT2D eigenvalue weighted by molar-refractivity contribution is 9.09. The van der Waals surface area contributed by atoms with E-state index in [2.05, 4.69) is 34.7 Å². The number of hydrogen-bond acceptors (Lipinski definition) is 2. The predicted molar refractivity (Wildman–Crippen MR) is 64.1 cm³/mol. The molecule has 0 spiro atoms. The molecule has 1 rings (SSSR count). The number of nitrogens with zero attached hydrogens (tertiary/aromatic N) is 1. The van der Waals surface area contributed by atoms with Crippen LogP contribution in [0, 0.1) is 0 Å². The van der Waals surface area contributed by atoms with E-state index in [-0.39, 0.29) is 0 Å². The smallest absolute Gasteiger partial charge is 0.0678 e. The molecule has 0 aromatic heterocycles. The van der Waals surface area contributed by atoms with Crippen LogP contribution in [0.3, 0.4) is 0 Å². The van der Waals surface area contributed by atoms with Crippen molar-refractivity contribution in [3.05, 3.63) is 0 Å². The van der Waals surface area contributed by atoms with E-state index in [1.165, 1.54) is 25.8 Å². The number of unbranched alkanes of at least 4 members (excludes halogenated alkanes) is 2. The van der Waals surface area contributed by atoms with Gasteiger partial charge in [-0.2, -0.15) is 0 Å². The average Bonchev–Trinajstić information content (AvgIpc) is 2.11. The van der Waals surface area contributed by atoms with Gasteiger partial charge in [0.1, 0.15) is 0 Å². The predicted octanol–water partition coefficient (Wildman–Crippen LogP) is 2.66. The molecular weight excluding hydrogens is 242 g/mol. The minimum atomic E-state index is 0.412. The molecule has 0 bridgehead atoms. The van der Waals surface area contributed by atoms with Gasteiger partial charge in [-0.3, -0.25) is 4.90 Å². The van der Waals surface area contributed by atoms with E-state index in [0.717, 1.165) is 18.4 Å². The SMILES string of the molecule is CC1CN(CCCCCBr)CC(C)O1. The molecule has 84 valence electrons. The Hall–Kier alpha value is 0.400. The Kier molecular flexibility index (Phi) is 6.06. The van der Waals surface area contributed by atoms with Crippen LogP contribution >= 0.6 is 15.9 Å². The molecule has 0 N–H and O–H groups in total. The highest BCUT2D eigenvalue weighted by Crippen LogP contribution is 2.11. The summed E-state index contributed by atoms with van der Waals surface area (Å²) in [5.41, 5.74) is 0. The molecule has 1 fully saturated rings. The van der Waals surface area contributed by atoms with Crippen LogP contribution in [0.5, 0.6) is 0 Å². The number of morpholine rings is 1. The van der Waals surface area contributed by atoms with E-state index in [1.54, 1.807) is 0 Å². The van der Waals surface area contributed by atoms with Gasteiger partial charge in [-0.15, -0.1) is 0 Å². The molecule has 14 heavy (non-hydrogen) atoms. The fourth-order valence-electron chi connectivity index (χ4n) is 2.07. The molecule has 1 heterocycles. The quantitative estimate of drug-likeness (QED) is 0.559. The van der Waals surface area contributed by atoms with Crippen LogP contribution in [0.4, 0.5) is 0 Å². The Labute approximate surface area is 96.1 Å². The van der Waals surface area contributed by atoms with Crippen LogP contribution in [0.15, 0.2) is 0 Å². The second kappa shape index (κ2) is 6.81. The molecule has 0 aromatic rings. The van der Waals surface area contributed by atoms with E-state index in [1.807, 2.05) is 0 Å². The Balaban J connectivity index is 2.10. The second-order valence-corrected chi connectivity index (χ2v) is 5.06. The first-order chi connectivity index (χ1) is 6.72. The lowest BCUT2D eigenvalue weighted by Gasteiger charge is -2.35. The molecule has 1 saturated heterocycles. The lowest BCUT2D eigenvalue weighted by molar-refractivity contribution is -0.0681. The molecule has 2 unspecified atom stereocenters. The van der Waals surface area contributed by atoms with Crippen LogP contribution in [-0.4, -0.2) is 42.1 Å². The summed E-state index contributed by atoms with van der Waals surface area (Å²) < 4.78 is 5.69. The highest BCUT2D eigenvalue weighted by Gasteiger charge is 2.21. The summed E-state index contributed by atoms with van der Waals surface area (Å²) in [6, 6.07) is 0. The Morgan fingerprint density at radius 1 is 1.14 bits per heavy atom. The van der Waals surface area contributed by atoms with Gasteiger partial charge in [-0.25, -0.2) is 0 Å². The molecule has 1 aliphatic heterocycles. The summed E-state index contributed by atoms with van der Waals surface area (Å²) in [7, 11) is 0. The van der Waals surface area contributed by atoms with Gasteiger partial charge < -0.3 is 4.74 Å². The normalized spacial score (nSPS) is 29.4. The zero-order valence-electron chi connectivity index (χ0n) is 9.34. The van der Waals surface area contributed by atoms with E-state index in [9.17, 15) is 0 Å². The maximum atomic E-state index is 5.69. The fourth-order valence-corrected chi connectivity index (χ4v) is 2.47. The minimum Gasteiger partial charge on any atom is -0.373 e. The van der Waals surface area contributed by atoms with Crippen molar-refractivity contribution >= 4 is 15.9 Å². The van der Waals surface area contributed by atoms with Gasteiger partial charge in [0.15, 0.2) is 0 Å². The van der Waals surface area contributed by atoms with E-state index in [0.29, 0.717) is 12.2 Å². The van der Waals surface area contributed by atoms with Crippen LogP contribution in [0.2, 0.25) is 0 Å². The fraction of sp³-hybridized carbons (Fsp3) is 1.00. The number of alkyl halides is 1. The van der Waals surface area contributed by atoms with Crippen molar-refractivity contribution < 1.29 is 4.74 Å². The van der Waals surface area contributed by atoms with Crippen molar-refractivity contribution in [2.75, 3.05) is 25.0 Å². The zero-order chi connectivity index (χ0) is 10.4. The first-order valence-corrected chi connectivity index (χ1v) is 6.78. The van der Waals surface area contributed by atoms with Crippen molar-refractivity contribution in [2.45, 2.75) is 45.3 Å². The summed E-state index contributed by atoms with van der Waals surface area (Å²) in [4.78, 5) is 2.53. The van der Waals surface area contributed by atoms with Gasteiger partial charge in [-0.1, -0.05) is 22.4 Å². The molecule has 0 amide bonds. The van der Waals surface area contributed by atoms with E-state index < -0.39 is 0 Å². The summed E-state index contributed by atoms with van der Waals surface area (Å²) >= 11 is 3.46. The van der Waals surface area contributed by atoms with E-state index in [4.69, 9.17) is 4.74 Å². The van der Waals surface area contributed by atoms with Gasteiger partial charge >= 0.3 is 0 Å². The molecular formula is C11H22BrNO. The molecule has 0 radical (unpaired) electrons. The third kappa shape index (κ3) is 4.76. The average molecular weight is 264 g/mol. The van der Waals surface area contributed by atoms with E-state index >= 15 is 0 Å². The molecule has 0 saturated carbocycles. The maximum absolute atomic E-state index is 5.69. The monoisotopic (exact) mass is 263 g/mol. The first kappa shape index (κ1) is 12.5. The topological polar surface area (TPSA) is 12.5 Å². The van der Waals surface area contributed by atoms with Crippen LogP contribution in [-0.2, 0) is 4.74 Å². The zero-order valence-corrected chi connectivity index (χ0v) is 10.9. The standard InChI is InChI=1S/C11H22BrNO/c1-10-8-13(9-11(2)14-10)7-5-3-4-6-12/h10-11H,3-9H2,1-2H3. The van der Waals surface area contributed by atoms with Gasteiger partial charge in [-0.05, 0) is 33.2 Å². The summed E-state index contributed by atoms with van der Waals surface area (Å²) in [6.45, 7) is 7.80. The van der Waals surface area contributed by atoms with Crippen LogP contribution in [0.25, 0.3) is 0 Å². The molecule has 0 aliphatic carbocycles. The summed E-state index contributed by atoms with van der Waals surface area (Å²) in [5.74, 6) is 0. The first-order valence-electron chi connectivity index (χ1n) is 5.66. The largest absolute Gasteiger partial charge is 0.373 e. The van der Waals surface area contributed by atoms with Gasteiger partial charge in [0, 0.05) is 18.4 Å². The maximum Gasteiger partial charge on any atom is 0.0678 e. The van der Waals surface area contributed by atoms with Crippen molar-refractivity contribution in [1.29, 1.82) is 0 Å². The molecule has 1 aliphatic rings. The number of rotatable bonds is 5. The Bertz CT molecular complexity index is 144. The third-order valence-electron chi connectivity index (χ3n) is 2.60. The lowest BCUT2D eigenvalue weighted by atomic mass is 10.2. The van der Waals surface area contributed by atoms with Gasteiger partial charge in [0.05, 0.1) is 12.2 Å². The van der Waals surface area contributed by atoms with Crippen molar-refractivity contribution in [1.82, 2.24) is 4.90 Å². The van der Waals surface area contributed by atoms with Crippen molar-refractivity contribution in [3.8, 4) is 0 Å². The minimum absolute atomic E-state index is 0.412.